The Balaban J connectivity index is 1.71. The maximum Gasteiger partial charge on any atom is 0.262 e. The summed E-state index contributed by atoms with van der Waals surface area (Å²) < 4.78 is 5.44. The van der Waals surface area contributed by atoms with Gasteiger partial charge in [0.25, 0.3) is 5.91 Å². The van der Waals surface area contributed by atoms with Gasteiger partial charge in [-0.2, -0.15) is 0 Å². The normalized spacial score (nSPS) is 10.6. The molecule has 0 unspecified atom stereocenters. The van der Waals surface area contributed by atoms with Gasteiger partial charge in [-0.05, 0) is 49.4 Å². The molecule has 3 rings (SSSR count). The number of nitrogens with zero attached hydrogens (tertiary/aromatic N) is 1. The van der Waals surface area contributed by atoms with Crippen molar-refractivity contribution in [3.63, 3.8) is 0 Å². The third-order valence-electron chi connectivity index (χ3n) is 3.40. The second-order valence-corrected chi connectivity index (χ2v) is 6.08. The molecular weight excluding hydrogens is 347 g/mol. The summed E-state index contributed by atoms with van der Waals surface area (Å²) in [6.07, 6.45) is 0. The van der Waals surface area contributed by atoms with Gasteiger partial charge in [-0.1, -0.05) is 29.3 Å². The number of pyridine rings is 1. The van der Waals surface area contributed by atoms with Gasteiger partial charge in [-0.15, -0.1) is 0 Å². The number of aromatic nitrogens is 1. The van der Waals surface area contributed by atoms with Gasteiger partial charge in [0.05, 0.1) is 16.2 Å². The largest absolute Gasteiger partial charge is 0.482 e. The van der Waals surface area contributed by atoms with Crippen molar-refractivity contribution in [2.24, 2.45) is 0 Å². The van der Waals surface area contributed by atoms with Gasteiger partial charge in [0.15, 0.2) is 6.61 Å². The van der Waals surface area contributed by atoms with Crippen LogP contribution < -0.4 is 10.1 Å². The first kappa shape index (κ1) is 16.6. The zero-order valence-electron chi connectivity index (χ0n) is 12.8. The van der Waals surface area contributed by atoms with Crippen LogP contribution in [0.1, 0.15) is 5.69 Å². The third kappa shape index (κ3) is 3.78. The minimum Gasteiger partial charge on any atom is -0.482 e. The highest BCUT2D eigenvalue weighted by Gasteiger charge is 2.09. The highest BCUT2D eigenvalue weighted by Crippen LogP contribution is 2.27. The SMILES string of the molecule is Cc1ccc2c(NC(=O)COc3ccc(Cl)cc3Cl)cccc2n1. The Labute approximate surface area is 149 Å². The first-order valence-electron chi connectivity index (χ1n) is 7.27. The zero-order chi connectivity index (χ0) is 17.1. The smallest absolute Gasteiger partial charge is 0.262 e. The number of fused-ring (bicyclic) bond motifs is 1. The van der Waals surface area contributed by atoms with Gasteiger partial charge in [0, 0.05) is 16.1 Å². The Hall–Kier alpha value is -2.30. The number of hydrogen-bond donors (Lipinski definition) is 1. The number of anilines is 1. The van der Waals surface area contributed by atoms with Crippen LogP contribution in [0.2, 0.25) is 10.0 Å². The van der Waals surface area contributed by atoms with Crippen molar-refractivity contribution < 1.29 is 9.53 Å². The first-order chi connectivity index (χ1) is 11.5. The lowest BCUT2D eigenvalue weighted by Crippen LogP contribution is -2.20. The molecule has 1 N–H and O–H groups in total. The van der Waals surface area contributed by atoms with E-state index in [4.69, 9.17) is 27.9 Å². The van der Waals surface area contributed by atoms with Crippen LogP contribution >= 0.6 is 23.2 Å². The van der Waals surface area contributed by atoms with Crippen molar-refractivity contribution in [2.75, 3.05) is 11.9 Å². The molecule has 0 radical (unpaired) electrons. The number of carbonyl (C=O) groups is 1. The van der Waals surface area contributed by atoms with Crippen LogP contribution in [0.15, 0.2) is 48.5 Å². The Bertz CT molecular complexity index is 913. The minimum atomic E-state index is -0.283. The molecule has 0 saturated heterocycles. The van der Waals surface area contributed by atoms with E-state index in [1.807, 2.05) is 37.3 Å². The summed E-state index contributed by atoms with van der Waals surface area (Å²) in [7, 11) is 0. The van der Waals surface area contributed by atoms with Gasteiger partial charge in [0.2, 0.25) is 0 Å². The molecule has 0 aliphatic carbocycles. The molecule has 4 nitrogen and oxygen atoms in total. The molecular formula is C18H14Cl2N2O2. The number of rotatable bonds is 4. The average Bonchev–Trinajstić information content (AvgIpc) is 2.54. The van der Waals surface area contributed by atoms with Crippen LogP contribution in [0.4, 0.5) is 5.69 Å². The second-order valence-electron chi connectivity index (χ2n) is 5.24. The Morgan fingerprint density at radius 2 is 2.00 bits per heavy atom. The predicted octanol–water partition coefficient (Wildman–Crippen LogP) is 4.87. The van der Waals surface area contributed by atoms with E-state index in [-0.39, 0.29) is 12.5 Å². The van der Waals surface area contributed by atoms with Crippen molar-refractivity contribution in [3.8, 4) is 5.75 Å². The summed E-state index contributed by atoms with van der Waals surface area (Å²) in [5.74, 6) is 0.125. The van der Waals surface area contributed by atoms with E-state index >= 15 is 0 Å². The number of halogens is 2. The Morgan fingerprint density at radius 3 is 2.79 bits per heavy atom. The fraction of sp³-hybridized carbons (Fsp3) is 0.111. The molecule has 2 aromatic carbocycles. The topological polar surface area (TPSA) is 51.2 Å². The first-order valence-corrected chi connectivity index (χ1v) is 8.02. The molecule has 0 atom stereocenters. The zero-order valence-corrected chi connectivity index (χ0v) is 14.4. The van der Waals surface area contributed by atoms with Crippen molar-refractivity contribution in [1.82, 2.24) is 4.98 Å². The lowest BCUT2D eigenvalue weighted by molar-refractivity contribution is -0.118. The number of ether oxygens (including phenoxy) is 1. The fourth-order valence-corrected chi connectivity index (χ4v) is 2.75. The minimum absolute atomic E-state index is 0.156. The van der Waals surface area contributed by atoms with Gasteiger partial charge in [0.1, 0.15) is 5.75 Å². The van der Waals surface area contributed by atoms with Crippen molar-refractivity contribution >= 4 is 45.7 Å². The van der Waals surface area contributed by atoms with Crippen LogP contribution in [0.25, 0.3) is 10.9 Å². The van der Waals surface area contributed by atoms with Gasteiger partial charge >= 0.3 is 0 Å². The molecule has 24 heavy (non-hydrogen) atoms. The molecule has 6 heteroatoms. The standard InChI is InChI=1S/C18H14Cl2N2O2/c1-11-5-7-13-15(21-11)3-2-4-16(13)22-18(23)10-24-17-8-6-12(19)9-14(17)20/h2-9H,10H2,1H3,(H,22,23). The van der Waals surface area contributed by atoms with Gasteiger partial charge in [-0.25, -0.2) is 0 Å². The molecule has 0 bridgehead atoms. The molecule has 1 aromatic heterocycles. The maximum absolute atomic E-state index is 12.1. The molecule has 0 saturated carbocycles. The highest BCUT2D eigenvalue weighted by molar-refractivity contribution is 6.35. The van der Waals surface area contributed by atoms with Crippen LogP contribution in [-0.2, 0) is 4.79 Å². The van der Waals surface area contributed by atoms with E-state index in [1.165, 1.54) is 0 Å². The molecule has 1 amide bonds. The van der Waals surface area contributed by atoms with E-state index in [9.17, 15) is 4.79 Å². The molecule has 0 aliphatic rings. The molecule has 122 valence electrons. The molecule has 0 spiro atoms. The number of benzene rings is 2. The van der Waals surface area contributed by atoms with E-state index in [0.717, 1.165) is 16.6 Å². The van der Waals surface area contributed by atoms with Gasteiger partial charge < -0.3 is 10.1 Å². The maximum atomic E-state index is 12.1. The van der Waals surface area contributed by atoms with Crippen LogP contribution in [-0.4, -0.2) is 17.5 Å². The summed E-state index contributed by atoms with van der Waals surface area (Å²) >= 11 is 11.8. The van der Waals surface area contributed by atoms with Crippen molar-refractivity contribution in [3.05, 3.63) is 64.3 Å². The lowest BCUT2D eigenvalue weighted by Gasteiger charge is -2.11. The average molecular weight is 361 g/mol. The monoisotopic (exact) mass is 360 g/mol. The number of nitrogens with one attached hydrogen (secondary N) is 1. The van der Waals surface area contributed by atoms with Crippen molar-refractivity contribution in [1.29, 1.82) is 0 Å². The van der Waals surface area contributed by atoms with E-state index in [0.29, 0.717) is 21.5 Å². The summed E-state index contributed by atoms with van der Waals surface area (Å²) in [6, 6.07) is 14.3. The summed E-state index contributed by atoms with van der Waals surface area (Å²) in [5.41, 5.74) is 2.44. The lowest BCUT2D eigenvalue weighted by atomic mass is 10.1. The Morgan fingerprint density at radius 1 is 1.17 bits per heavy atom. The quantitative estimate of drug-likeness (QED) is 0.722. The highest BCUT2D eigenvalue weighted by atomic mass is 35.5. The van der Waals surface area contributed by atoms with E-state index in [1.54, 1.807) is 18.2 Å². The predicted molar refractivity (Wildman–Crippen MR) is 97.1 cm³/mol. The van der Waals surface area contributed by atoms with E-state index < -0.39 is 0 Å². The fourth-order valence-electron chi connectivity index (χ4n) is 2.29. The molecule has 1 heterocycles. The number of aryl methyl sites for hydroxylation is 1. The number of amides is 1. The van der Waals surface area contributed by atoms with Crippen LogP contribution in [0, 0.1) is 6.92 Å². The number of hydrogen-bond acceptors (Lipinski definition) is 3. The summed E-state index contributed by atoms with van der Waals surface area (Å²) in [6.45, 7) is 1.77. The summed E-state index contributed by atoms with van der Waals surface area (Å²) in [4.78, 5) is 16.6. The van der Waals surface area contributed by atoms with Gasteiger partial charge in [-0.3, -0.25) is 9.78 Å². The Kier molecular flexibility index (Phi) is 4.88. The number of carbonyl (C=O) groups excluding carboxylic acids is 1. The van der Waals surface area contributed by atoms with Crippen LogP contribution in [0.5, 0.6) is 5.75 Å². The molecule has 3 aromatic rings. The summed E-state index contributed by atoms with van der Waals surface area (Å²) in [5, 5.41) is 4.58. The van der Waals surface area contributed by atoms with Crippen molar-refractivity contribution in [2.45, 2.75) is 6.92 Å². The second kappa shape index (κ2) is 7.07. The van der Waals surface area contributed by atoms with E-state index in [2.05, 4.69) is 10.3 Å². The van der Waals surface area contributed by atoms with Crippen LogP contribution in [0.3, 0.4) is 0 Å². The molecule has 0 fully saturated rings. The third-order valence-corrected chi connectivity index (χ3v) is 3.93. The molecule has 0 aliphatic heterocycles.